The van der Waals surface area contributed by atoms with Gasteiger partial charge in [-0.1, -0.05) is 214 Å². The molecule has 0 atom stereocenters. The van der Waals surface area contributed by atoms with Gasteiger partial charge >= 0.3 is 20.1 Å². The normalized spacial score (nSPS) is 10.1. The van der Waals surface area contributed by atoms with Crippen LogP contribution in [0.3, 0.4) is 0 Å². The number of aromatic nitrogens is 9. The Morgan fingerprint density at radius 3 is 0.919 bits per heavy atom. The number of rotatable bonds is 22. The molecule has 22 aromatic rings. The van der Waals surface area contributed by atoms with E-state index in [2.05, 4.69) is 252 Å². The van der Waals surface area contributed by atoms with Gasteiger partial charge in [-0.3, -0.25) is 4.98 Å². The van der Waals surface area contributed by atoms with E-state index < -0.39 is 0 Å². The first kappa shape index (κ1) is 113. The summed E-state index contributed by atoms with van der Waals surface area (Å²) >= 11 is 0. The fraction of sp³-hybridized carbons (Fsp3) is 0.0889. The topological polar surface area (TPSA) is 116 Å². The molecule has 9 aromatic heterocycles. The van der Waals surface area contributed by atoms with Crippen molar-refractivity contribution in [1.29, 1.82) is 0 Å². The Morgan fingerprint density at radius 2 is 0.561 bits per heavy atom. The van der Waals surface area contributed by atoms with Crippen molar-refractivity contribution in [2.75, 3.05) is 0 Å². The summed E-state index contributed by atoms with van der Waals surface area (Å²) in [4.78, 5) is 40.3. The van der Waals surface area contributed by atoms with Gasteiger partial charge in [-0.25, -0.2) is 0 Å². The fourth-order valence-corrected chi connectivity index (χ4v) is 15.7. The molecule has 0 aliphatic heterocycles. The summed E-state index contributed by atoms with van der Waals surface area (Å²) in [7, 11) is 0. The van der Waals surface area contributed by atoms with E-state index in [-0.39, 0.29) is 80.4 Å². The minimum atomic E-state index is 0. The van der Waals surface area contributed by atoms with Gasteiger partial charge in [-0.15, -0.1) is 287 Å². The molecule has 0 amide bonds. The molecule has 9 heterocycles. The summed E-state index contributed by atoms with van der Waals surface area (Å²) in [6.07, 6.45) is 23.8. The zero-order chi connectivity index (χ0) is 98.8. The third-order valence-corrected chi connectivity index (χ3v) is 23.1. The smallest absolute Gasteiger partial charge is 0.305 e. The van der Waals surface area contributed by atoms with Crippen LogP contribution in [0, 0.1) is 74.4 Å². The van der Waals surface area contributed by atoms with Crippen LogP contribution in [0.1, 0.15) is 64.0 Å². The number of hydrogen-bond acceptors (Lipinski definition) is 9. The average molecular weight is 2630 g/mol. The molecule has 3 radical (unpaired) electrons. The van der Waals surface area contributed by atoms with Crippen molar-refractivity contribution in [1.82, 2.24) is 44.9 Å². The van der Waals surface area contributed by atoms with Crippen LogP contribution in [0.15, 0.2) is 505 Å². The van der Waals surface area contributed by atoms with Crippen LogP contribution in [0.2, 0.25) is 0 Å². The van der Waals surface area contributed by atoms with Gasteiger partial charge in [-0.05, 0) is 202 Å². The monoisotopic (exact) mass is 2630 g/mol. The molecule has 0 fully saturated rings. The van der Waals surface area contributed by atoms with Gasteiger partial charge < -0.3 is 39.9 Å². The van der Waals surface area contributed by atoms with E-state index in [0.717, 1.165) is 141 Å². The third-order valence-electron chi connectivity index (χ3n) is 23.1. The van der Waals surface area contributed by atoms with Gasteiger partial charge in [0.1, 0.15) is 0 Å². The van der Waals surface area contributed by atoms with Gasteiger partial charge in [0.25, 0.3) is 0 Å². The Kier molecular flexibility index (Phi) is 48.4. The van der Waals surface area contributed by atoms with Gasteiger partial charge in [0.05, 0.1) is 0 Å². The molecule has 0 saturated carbocycles. The largest absolute Gasteiger partial charge is 3.00 e. The molecule has 0 spiro atoms. The van der Waals surface area contributed by atoms with E-state index in [1.165, 1.54) is 77.9 Å². The number of nitrogens with zero attached hydrogens (tertiary/aromatic N) is 9. The van der Waals surface area contributed by atoms with Crippen molar-refractivity contribution in [3.63, 3.8) is 0 Å². The number of aryl methyl sites for hydroxylation is 8. The zero-order valence-electron chi connectivity index (χ0n) is 82.8. The van der Waals surface area contributed by atoms with E-state index in [1.807, 2.05) is 340 Å². The van der Waals surface area contributed by atoms with Crippen LogP contribution in [0.5, 0.6) is 0 Å². The Morgan fingerprint density at radius 1 is 0.216 bits per heavy atom. The average Bonchev–Trinajstić information content (AvgIpc) is 0.789. The molecule has 22 rings (SSSR count). The predicted molar refractivity (Wildman–Crippen MR) is 591 cm³/mol. The van der Waals surface area contributed by atoms with Crippen molar-refractivity contribution < 1.29 is 80.4 Å². The molecular weight excluding hydrogens is 2520 g/mol. The minimum absolute atomic E-state index is 0. The third kappa shape index (κ3) is 37.1. The van der Waals surface area contributed by atoms with Crippen molar-refractivity contribution in [3.8, 4) is 123 Å². The van der Waals surface area contributed by atoms with Crippen LogP contribution in [-0.4, -0.2) is 44.9 Å². The molecule has 13 aromatic carbocycles. The Hall–Kier alpha value is -15.2. The molecule has 0 unspecified atom stereocenters. The van der Waals surface area contributed by atoms with E-state index in [1.54, 1.807) is 24.8 Å². The summed E-state index contributed by atoms with van der Waals surface area (Å²) < 4.78 is 0. The number of hydrogen-bond donors (Lipinski definition) is 0. The van der Waals surface area contributed by atoms with Crippen LogP contribution in [0.4, 0.5) is 0 Å². The number of benzene rings is 13. The van der Waals surface area contributed by atoms with Gasteiger partial charge in [-0.2, -0.15) is 36.4 Å². The second-order valence-corrected chi connectivity index (χ2v) is 34.2. The van der Waals surface area contributed by atoms with E-state index in [9.17, 15) is 0 Å². The van der Waals surface area contributed by atoms with Gasteiger partial charge in [0, 0.05) is 133 Å². The van der Waals surface area contributed by atoms with Gasteiger partial charge in [0.15, 0.2) is 0 Å². The van der Waals surface area contributed by atoms with Crippen molar-refractivity contribution in [2.24, 2.45) is 5.92 Å². The predicted octanol–water partition coefficient (Wildman–Crippen LogP) is 31.7. The van der Waals surface area contributed by atoms with Crippen LogP contribution >= 0.6 is 0 Å². The molecule has 13 heteroatoms. The van der Waals surface area contributed by atoms with Crippen LogP contribution in [-0.2, 0) is 125 Å². The quantitative estimate of drug-likeness (QED) is 0.0612. The zero-order valence-corrected chi connectivity index (χ0v) is 92.4. The molecule has 148 heavy (non-hydrogen) atoms. The van der Waals surface area contributed by atoms with E-state index >= 15 is 0 Å². The number of pyridine rings is 9. The second kappa shape index (κ2) is 63.3. The molecule has 0 aliphatic rings. The van der Waals surface area contributed by atoms with Crippen LogP contribution < -0.4 is 0 Å². The maximum atomic E-state index is 4.73. The fourth-order valence-electron chi connectivity index (χ4n) is 15.7. The SMILES string of the molecule is CC(C)Cc1cccc(-c2[c-]cccc2)n1.Cc1cc(-c2[c-]cccc2)ncc1-c1ccccc1.Cc1ccccc1-c1cccnc1.[Ir+3].[Ir].[Ir].[Ir].[c-]1ccc(-c2ccccc2)cc1-c1ccccn1.[c-]1ccccc1.[c-]1ccccc1-c1ccc(CCc2cc(CCc3ccc(-c4[c-]cccc4)nc3)cc(CCc3ccc(-c4[c-]cccc4)nc3)c2)cn1.[c-]1ccccc1-c1ccccn1.[c-]1ccccc1-c1ccccn1. The standard InChI is InChI=1S/C45H36N3.C18H14N.C17H12N.C15H16N.C12H11N.2C11H8N.C6H5.4Ir/c1-4-10-40(11-5-1)43-25-22-34(31-46-43)16-19-37-28-38(20-17-35-23-26-44(47-32-35)41-12-6-2-7-13-41)30-39(29-37)21-18-36-24-27-45(48-33-36)42-14-8-3-9-15-42;1-14-12-18(16-10-6-3-7-11-16)19-13-17(14)15-8-4-2-5-9-15;1-2-7-14(8-3-1)15-9-6-10-16(13-15)17-11-4-5-12-18-17;1-12(2)11-14-9-6-10-15(16-14)13-7-4-3-5-8-13;1-10-5-2-3-7-12(10)11-6-4-8-13-9-11;2*1-2-6-10(7-3-1)11-8-4-5-9-12-11;1-2-4-6-5-3-1;;;;/h1-10,12,14,22-33H,16-21H2;2-10,12-13H,1H3;1-9,11-13H;3-7,9-10,12H,11H2,1-2H3;2-9H,1H3;2*1-6,8-9H;1-5H;;;;/q-3;3*-1;;3*-1;;;;+3. The van der Waals surface area contributed by atoms with Crippen molar-refractivity contribution in [2.45, 2.75) is 72.6 Å². The molecule has 737 valence electrons. The Bertz CT molecular complexity index is 6930. The summed E-state index contributed by atoms with van der Waals surface area (Å²) in [5.74, 6) is 0.641. The first-order valence-corrected chi connectivity index (χ1v) is 48.5. The summed E-state index contributed by atoms with van der Waals surface area (Å²) in [5.41, 5.74) is 34.7. The summed E-state index contributed by atoms with van der Waals surface area (Å²) in [5, 5.41) is 0. The van der Waals surface area contributed by atoms with E-state index in [0.29, 0.717) is 5.92 Å². The maximum Gasteiger partial charge on any atom is 3.00 e. The first-order valence-electron chi connectivity index (χ1n) is 48.5. The first-order chi connectivity index (χ1) is 71.1. The van der Waals surface area contributed by atoms with E-state index in [4.69, 9.17) is 15.0 Å². The summed E-state index contributed by atoms with van der Waals surface area (Å²) in [6, 6.07) is 179. The molecule has 0 bridgehead atoms. The van der Waals surface area contributed by atoms with Crippen LogP contribution in [0.25, 0.3) is 123 Å². The minimum Gasteiger partial charge on any atom is -0.305 e. The summed E-state index contributed by atoms with van der Waals surface area (Å²) in [6.45, 7) is 8.66. The molecule has 0 N–H and O–H groups in total. The second-order valence-electron chi connectivity index (χ2n) is 34.2. The molecule has 0 saturated heterocycles. The molecule has 9 nitrogen and oxygen atoms in total. The maximum absolute atomic E-state index is 4.73. The van der Waals surface area contributed by atoms with Gasteiger partial charge in [0.2, 0.25) is 0 Å². The Balaban J connectivity index is 0.000000174. The molecule has 0 aliphatic carbocycles. The Labute approximate surface area is 928 Å². The van der Waals surface area contributed by atoms with Crippen molar-refractivity contribution >= 4 is 0 Å². The molecular formula is C135H110Ir4N9-6. The van der Waals surface area contributed by atoms with Crippen molar-refractivity contribution in [3.05, 3.63) is 609 Å².